The molecule has 1 aromatic heterocycles. The van der Waals surface area contributed by atoms with Crippen LogP contribution in [0.4, 0.5) is 0 Å². The van der Waals surface area contributed by atoms with E-state index in [1.165, 1.54) is 11.6 Å². The molecule has 0 aliphatic rings. The van der Waals surface area contributed by atoms with Crippen LogP contribution in [0.5, 0.6) is 0 Å². The minimum atomic E-state index is -3.66. The summed E-state index contributed by atoms with van der Waals surface area (Å²) in [6.45, 7) is 6.74. The molecule has 0 fully saturated rings. The van der Waals surface area contributed by atoms with E-state index in [1.54, 1.807) is 27.8 Å². The van der Waals surface area contributed by atoms with E-state index in [0.29, 0.717) is 4.80 Å². The normalized spacial score (nSPS) is 16.0. The molecule has 0 spiro atoms. The molecular formula is C9H18N4O3S2. The number of nitrogens with zero attached hydrogens (tertiary/aromatic N) is 3. The Bertz CT molecular complexity index is 578. The first kappa shape index (κ1) is 15.3. The summed E-state index contributed by atoms with van der Waals surface area (Å²) in [5.74, 6) is 0. The molecule has 0 aliphatic heterocycles. The van der Waals surface area contributed by atoms with Crippen LogP contribution >= 0.6 is 11.3 Å². The van der Waals surface area contributed by atoms with Crippen LogP contribution < -0.4 is 9.52 Å². The molecule has 0 amide bonds. The van der Waals surface area contributed by atoms with Crippen molar-refractivity contribution in [1.29, 1.82) is 0 Å². The molecule has 1 aromatic rings. The van der Waals surface area contributed by atoms with Gasteiger partial charge in [0.05, 0.1) is 0 Å². The Labute approximate surface area is 110 Å². The van der Waals surface area contributed by atoms with Gasteiger partial charge in [0.25, 0.3) is 10.0 Å². The average molecular weight is 294 g/mol. The Hall–Kier alpha value is -0.770. The van der Waals surface area contributed by atoms with Gasteiger partial charge in [-0.05, 0) is 27.7 Å². The quantitative estimate of drug-likeness (QED) is 0.806. The van der Waals surface area contributed by atoms with Crippen LogP contribution in [-0.4, -0.2) is 35.1 Å². The summed E-state index contributed by atoms with van der Waals surface area (Å²) < 4.78 is 27.8. The Morgan fingerprint density at radius 3 is 2.50 bits per heavy atom. The number of rotatable bonds is 3. The van der Waals surface area contributed by atoms with Crippen molar-refractivity contribution in [1.82, 2.24) is 14.5 Å². The monoisotopic (exact) mass is 294 g/mol. The molecule has 1 heterocycles. The van der Waals surface area contributed by atoms with Gasteiger partial charge in [-0.3, -0.25) is 0 Å². The average Bonchev–Trinajstić information content (AvgIpc) is 2.43. The van der Waals surface area contributed by atoms with Gasteiger partial charge in [0, 0.05) is 12.6 Å². The van der Waals surface area contributed by atoms with Gasteiger partial charge < -0.3 is 5.11 Å². The lowest BCUT2D eigenvalue weighted by atomic mass is 10.1. The van der Waals surface area contributed by atoms with E-state index in [2.05, 4.69) is 14.8 Å². The Kier molecular flexibility index (Phi) is 4.31. The standard InChI is InChI=1S/C9H18N4O3S2/c1-6(14)10-7-13(5)11-8(17-7)18(15,16)12-9(2,3)4/h6,12,14H,1-5H3/b10-7+. The molecule has 0 radical (unpaired) electrons. The number of sulfonamides is 1. The summed E-state index contributed by atoms with van der Waals surface area (Å²) in [6.07, 6.45) is -0.900. The van der Waals surface area contributed by atoms with E-state index in [-0.39, 0.29) is 4.34 Å². The third-order valence-electron chi connectivity index (χ3n) is 1.65. The number of aliphatic hydroxyl groups excluding tert-OH is 1. The maximum absolute atomic E-state index is 12.0. The SMILES string of the molecule is CC(O)/N=c1/sc(S(=O)(=O)NC(C)(C)C)nn1C. The molecule has 104 valence electrons. The van der Waals surface area contributed by atoms with E-state index in [1.807, 2.05) is 0 Å². The first-order valence-corrected chi connectivity index (χ1v) is 7.61. The van der Waals surface area contributed by atoms with Crippen LogP contribution in [0.2, 0.25) is 0 Å². The van der Waals surface area contributed by atoms with Crippen LogP contribution in [0.3, 0.4) is 0 Å². The van der Waals surface area contributed by atoms with Gasteiger partial charge in [0.2, 0.25) is 9.14 Å². The van der Waals surface area contributed by atoms with Gasteiger partial charge >= 0.3 is 0 Å². The summed E-state index contributed by atoms with van der Waals surface area (Å²) in [5, 5.41) is 13.1. The first-order valence-electron chi connectivity index (χ1n) is 5.31. The zero-order chi connectivity index (χ0) is 14.1. The van der Waals surface area contributed by atoms with Crippen molar-refractivity contribution in [2.75, 3.05) is 0 Å². The van der Waals surface area contributed by atoms with E-state index >= 15 is 0 Å². The maximum Gasteiger partial charge on any atom is 0.270 e. The molecule has 1 unspecified atom stereocenters. The largest absolute Gasteiger partial charge is 0.372 e. The minimum Gasteiger partial charge on any atom is -0.372 e. The Morgan fingerprint density at radius 1 is 1.50 bits per heavy atom. The van der Waals surface area contributed by atoms with E-state index in [0.717, 1.165) is 11.3 Å². The lowest BCUT2D eigenvalue weighted by Gasteiger charge is -2.18. The van der Waals surface area contributed by atoms with E-state index in [9.17, 15) is 8.42 Å². The zero-order valence-corrected chi connectivity index (χ0v) is 12.6. The summed E-state index contributed by atoms with van der Waals surface area (Å²) in [7, 11) is -2.08. The predicted octanol–water partition coefficient (Wildman–Crippen LogP) is -0.203. The first-order chi connectivity index (χ1) is 8.01. The molecular weight excluding hydrogens is 276 g/mol. The van der Waals surface area contributed by atoms with Crippen molar-refractivity contribution >= 4 is 21.4 Å². The molecule has 0 saturated heterocycles. The third kappa shape index (κ3) is 4.16. The maximum atomic E-state index is 12.0. The second kappa shape index (κ2) is 5.08. The van der Waals surface area contributed by atoms with Gasteiger partial charge in [-0.15, -0.1) is 5.10 Å². The van der Waals surface area contributed by atoms with E-state index in [4.69, 9.17) is 5.11 Å². The summed E-state index contributed by atoms with van der Waals surface area (Å²) in [5.41, 5.74) is -0.579. The molecule has 2 N–H and O–H groups in total. The minimum absolute atomic E-state index is 0.0701. The fourth-order valence-corrected chi connectivity index (χ4v) is 3.76. The van der Waals surface area contributed by atoms with Crippen LogP contribution in [0.1, 0.15) is 27.7 Å². The van der Waals surface area contributed by atoms with Crippen molar-refractivity contribution in [3.63, 3.8) is 0 Å². The number of aliphatic hydroxyl groups is 1. The Balaban J connectivity index is 3.21. The second-order valence-electron chi connectivity index (χ2n) is 4.89. The summed E-state index contributed by atoms with van der Waals surface area (Å²) >= 11 is 0.910. The Morgan fingerprint density at radius 2 is 2.06 bits per heavy atom. The number of nitrogens with one attached hydrogen (secondary N) is 1. The van der Waals surface area contributed by atoms with Crippen LogP contribution in [0.15, 0.2) is 9.33 Å². The zero-order valence-electron chi connectivity index (χ0n) is 11.0. The third-order valence-corrected chi connectivity index (χ3v) is 4.79. The highest BCUT2D eigenvalue weighted by molar-refractivity contribution is 7.91. The summed E-state index contributed by atoms with van der Waals surface area (Å²) in [6, 6.07) is 0. The predicted molar refractivity (Wildman–Crippen MR) is 68.4 cm³/mol. The number of hydrogen-bond acceptors (Lipinski definition) is 6. The molecule has 1 rings (SSSR count). The van der Waals surface area contributed by atoms with Gasteiger partial charge in [0.15, 0.2) is 0 Å². The number of aryl methyl sites for hydroxylation is 1. The van der Waals surface area contributed by atoms with Crippen molar-refractivity contribution in [2.24, 2.45) is 12.0 Å². The fraction of sp³-hybridized carbons (Fsp3) is 0.778. The molecule has 0 bridgehead atoms. The van der Waals surface area contributed by atoms with E-state index < -0.39 is 21.8 Å². The van der Waals surface area contributed by atoms with Gasteiger partial charge in [0.1, 0.15) is 6.23 Å². The van der Waals surface area contributed by atoms with Gasteiger partial charge in [-0.2, -0.15) is 0 Å². The highest BCUT2D eigenvalue weighted by Crippen LogP contribution is 2.12. The smallest absolute Gasteiger partial charge is 0.270 e. The van der Waals surface area contributed by atoms with Crippen LogP contribution in [0, 0.1) is 0 Å². The molecule has 7 nitrogen and oxygen atoms in total. The lowest BCUT2D eigenvalue weighted by molar-refractivity contribution is 0.200. The fourth-order valence-electron chi connectivity index (χ4n) is 1.15. The summed E-state index contributed by atoms with van der Waals surface area (Å²) in [4.78, 5) is 4.22. The van der Waals surface area contributed by atoms with Crippen LogP contribution in [-0.2, 0) is 17.1 Å². The highest BCUT2D eigenvalue weighted by Gasteiger charge is 2.25. The molecule has 18 heavy (non-hydrogen) atoms. The molecule has 0 saturated carbocycles. The molecule has 0 aliphatic carbocycles. The number of aromatic nitrogens is 2. The van der Waals surface area contributed by atoms with Crippen molar-refractivity contribution in [3.8, 4) is 0 Å². The highest BCUT2D eigenvalue weighted by atomic mass is 32.2. The topological polar surface area (TPSA) is 96.6 Å². The lowest BCUT2D eigenvalue weighted by Crippen LogP contribution is -2.40. The molecule has 1 atom stereocenters. The van der Waals surface area contributed by atoms with Gasteiger partial charge in [-0.25, -0.2) is 22.8 Å². The van der Waals surface area contributed by atoms with Crippen molar-refractivity contribution in [2.45, 2.75) is 43.8 Å². The molecule has 9 heteroatoms. The van der Waals surface area contributed by atoms with Gasteiger partial charge in [-0.1, -0.05) is 11.3 Å². The van der Waals surface area contributed by atoms with Crippen molar-refractivity contribution < 1.29 is 13.5 Å². The number of hydrogen-bond donors (Lipinski definition) is 2. The second-order valence-corrected chi connectivity index (χ2v) is 7.70. The molecule has 0 aromatic carbocycles. The van der Waals surface area contributed by atoms with Crippen molar-refractivity contribution in [3.05, 3.63) is 4.80 Å². The van der Waals surface area contributed by atoms with Crippen LogP contribution in [0.25, 0.3) is 0 Å².